The predicted molar refractivity (Wildman–Crippen MR) is 121 cm³/mol. The number of ether oxygens (including phenoxy) is 1. The lowest BCUT2D eigenvalue weighted by atomic mass is 9.88. The van der Waals surface area contributed by atoms with E-state index in [2.05, 4.69) is 10.3 Å². The highest BCUT2D eigenvalue weighted by Gasteiger charge is 2.48. The number of carbonyl (C=O) groups excluding carboxylic acids is 2. The summed E-state index contributed by atoms with van der Waals surface area (Å²) in [7, 11) is 0. The van der Waals surface area contributed by atoms with Gasteiger partial charge in [-0.2, -0.15) is 0 Å². The van der Waals surface area contributed by atoms with Gasteiger partial charge in [-0.25, -0.2) is 9.78 Å². The summed E-state index contributed by atoms with van der Waals surface area (Å²) in [5, 5.41) is 3.04. The van der Waals surface area contributed by atoms with Crippen LogP contribution in [0.2, 0.25) is 0 Å². The Kier molecular flexibility index (Phi) is 6.50. The molecule has 1 N–H and O–H groups in total. The number of piperidine rings is 1. The lowest BCUT2D eigenvalue weighted by Crippen LogP contribution is -2.56. The van der Waals surface area contributed by atoms with E-state index in [-0.39, 0.29) is 11.9 Å². The third-order valence-electron chi connectivity index (χ3n) is 6.75. The number of amides is 3. The van der Waals surface area contributed by atoms with Crippen LogP contribution in [0.4, 0.5) is 4.79 Å². The average molecular weight is 440 g/mol. The second-order valence-electron chi connectivity index (χ2n) is 8.59. The van der Waals surface area contributed by atoms with Crippen LogP contribution < -0.4 is 5.32 Å². The van der Waals surface area contributed by atoms with Gasteiger partial charge in [0.05, 0.1) is 6.54 Å². The maximum atomic E-state index is 13.0. The van der Waals surface area contributed by atoms with Crippen LogP contribution in [0, 0.1) is 6.92 Å². The van der Waals surface area contributed by atoms with E-state index in [1.807, 2.05) is 65.6 Å². The largest absolute Gasteiger partial charge is 0.352 e. The smallest absolute Gasteiger partial charge is 0.317 e. The summed E-state index contributed by atoms with van der Waals surface area (Å²) in [4.78, 5) is 34.0. The van der Waals surface area contributed by atoms with Crippen molar-refractivity contribution in [3.8, 4) is 0 Å². The standard InChI is InChI=1S/C24H33N5O3/c1-4-27(5-2)21(30)20-17-29-15-12-25-22(29)24(32-20)10-13-28(14-11-24)23(31)26-16-19-9-7-6-8-18(19)3/h6-9,12,15,20H,4-5,10-11,13-14,16-17H2,1-3H3,(H,26,31). The van der Waals surface area contributed by atoms with Gasteiger partial charge in [0.25, 0.3) is 5.91 Å². The Morgan fingerprint density at radius 1 is 1.22 bits per heavy atom. The van der Waals surface area contributed by atoms with E-state index >= 15 is 0 Å². The molecule has 172 valence electrons. The number of carbonyl (C=O) groups is 2. The third-order valence-corrected chi connectivity index (χ3v) is 6.75. The first-order chi connectivity index (χ1) is 15.5. The number of nitrogens with one attached hydrogen (secondary N) is 1. The van der Waals surface area contributed by atoms with Gasteiger partial charge in [-0.1, -0.05) is 24.3 Å². The van der Waals surface area contributed by atoms with Gasteiger partial charge in [0, 0.05) is 58.0 Å². The van der Waals surface area contributed by atoms with Gasteiger partial charge < -0.3 is 24.4 Å². The van der Waals surface area contributed by atoms with Gasteiger partial charge in [-0.05, 0) is 31.9 Å². The van der Waals surface area contributed by atoms with E-state index in [9.17, 15) is 9.59 Å². The highest BCUT2D eigenvalue weighted by atomic mass is 16.5. The van der Waals surface area contributed by atoms with Gasteiger partial charge in [0.2, 0.25) is 0 Å². The van der Waals surface area contributed by atoms with Crippen molar-refractivity contribution in [1.29, 1.82) is 0 Å². The Labute approximate surface area is 189 Å². The van der Waals surface area contributed by atoms with Crippen molar-refractivity contribution in [2.75, 3.05) is 26.2 Å². The monoisotopic (exact) mass is 439 g/mol. The summed E-state index contributed by atoms with van der Waals surface area (Å²) in [6.45, 7) is 9.43. The molecule has 1 atom stereocenters. The van der Waals surface area contributed by atoms with Crippen molar-refractivity contribution < 1.29 is 14.3 Å². The van der Waals surface area contributed by atoms with Crippen molar-refractivity contribution in [2.45, 2.75) is 58.4 Å². The summed E-state index contributed by atoms with van der Waals surface area (Å²) >= 11 is 0. The van der Waals surface area contributed by atoms with Gasteiger partial charge in [0.1, 0.15) is 11.4 Å². The molecule has 3 amide bonds. The van der Waals surface area contributed by atoms with Gasteiger partial charge in [-0.15, -0.1) is 0 Å². The van der Waals surface area contributed by atoms with Crippen LogP contribution in [0.25, 0.3) is 0 Å². The van der Waals surface area contributed by atoms with Crippen LogP contribution in [0.15, 0.2) is 36.7 Å². The number of imidazole rings is 1. The highest BCUT2D eigenvalue weighted by Crippen LogP contribution is 2.40. The molecule has 1 saturated heterocycles. The van der Waals surface area contributed by atoms with Crippen LogP contribution in [0.1, 0.15) is 43.6 Å². The number of benzene rings is 1. The number of hydrogen-bond acceptors (Lipinski definition) is 4. The summed E-state index contributed by atoms with van der Waals surface area (Å²) in [6.07, 6.45) is 4.39. The fourth-order valence-electron chi connectivity index (χ4n) is 4.77. The fraction of sp³-hybridized carbons (Fsp3) is 0.542. The van der Waals surface area contributed by atoms with Crippen LogP contribution in [0.5, 0.6) is 0 Å². The number of likely N-dealkylation sites (tertiary alicyclic amines) is 1. The van der Waals surface area contributed by atoms with Crippen molar-refractivity contribution in [3.63, 3.8) is 0 Å². The molecule has 4 rings (SSSR count). The molecule has 1 unspecified atom stereocenters. The van der Waals surface area contributed by atoms with Gasteiger partial charge >= 0.3 is 6.03 Å². The van der Waals surface area contributed by atoms with Crippen LogP contribution in [-0.4, -0.2) is 63.6 Å². The van der Waals surface area contributed by atoms with E-state index in [1.165, 1.54) is 0 Å². The maximum Gasteiger partial charge on any atom is 0.317 e. The van der Waals surface area contributed by atoms with E-state index in [0.717, 1.165) is 17.0 Å². The molecule has 1 aromatic carbocycles. The van der Waals surface area contributed by atoms with Crippen LogP contribution in [-0.2, 0) is 28.2 Å². The Bertz CT molecular complexity index is 960. The lowest BCUT2D eigenvalue weighted by molar-refractivity contribution is -0.179. The maximum absolute atomic E-state index is 13.0. The highest BCUT2D eigenvalue weighted by molar-refractivity contribution is 5.81. The number of nitrogens with zero attached hydrogens (tertiary/aromatic N) is 4. The minimum Gasteiger partial charge on any atom is -0.352 e. The fourth-order valence-corrected chi connectivity index (χ4v) is 4.77. The Morgan fingerprint density at radius 3 is 2.62 bits per heavy atom. The van der Waals surface area contributed by atoms with Crippen molar-refractivity contribution in [1.82, 2.24) is 24.7 Å². The van der Waals surface area contributed by atoms with E-state index in [1.54, 1.807) is 6.20 Å². The molecule has 2 aliphatic heterocycles. The summed E-state index contributed by atoms with van der Waals surface area (Å²) < 4.78 is 8.53. The van der Waals surface area contributed by atoms with Crippen molar-refractivity contribution in [3.05, 3.63) is 53.6 Å². The zero-order valence-electron chi connectivity index (χ0n) is 19.2. The number of likely N-dealkylation sites (N-methyl/N-ethyl adjacent to an activating group) is 1. The lowest BCUT2D eigenvalue weighted by Gasteiger charge is -2.46. The molecule has 1 aromatic heterocycles. The molecule has 8 nitrogen and oxygen atoms in total. The quantitative estimate of drug-likeness (QED) is 0.777. The molecule has 0 bridgehead atoms. The Morgan fingerprint density at radius 2 is 1.94 bits per heavy atom. The Hall–Kier alpha value is -2.87. The van der Waals surface area contributed by atoms with Crippen molar-refractivity contribution in [2.24, 2.45) is 0 Å². The van der Waals surface area contributed by atoms with E-state index < -0.39 is 11.7 Å². The molecule has 32 heavy (non-hydrogen) atoms. The van der Waals surface area contributed by atoms with Crippen LogP contribution in [0.3, 0.4) is 0 Å². The van der Waals surface area contributed by atoms with Gasteiger partial charge in [0.15, 0.2) is 6.10 Å². The number of urea groups is 1. The number of rotatable bonds is 5. The number of fused-ring (bicyclic) bond motifs is 2. The molecule has 2 aromatic rings. The number of aryl methyl sites for hydroxylation is 1. The van der Waals surface area contributed by atoms with E-state index in [0.29, 0.717) is 52.1 Å². The van der Waals surface area contributed by atoms with E-state index in [4.69, 9.17) is 4.74 Å². The Balaban J connectivity index is 1.42. The molecule has 1 fully saturated rings. The molecule has 0 aliphatic carbocycles. The zero-order chi connectivity index (χ0) is 22.7. The zero-order valence-corrected chi connectivity index (χ0v) is 19.2. The summed E-state index contributed by atoms with van der Waals surface area (Å²) in [6, 6.07) is 7.99. The third kappa shape index (κ3) is 4.24. The second kappa shape index (κ2) is 9.32. The normalized spacial score (nSPS) is 19.5. The molecular formula is C24H33N5O3. The topological polar surface area (TPSA) is 79.7 Å². The number of aromatic nitrogens is 2. The first kappa shape index (κ1) is 22.3. The number of hydrogen-bond donors (Lipinski definition) is 1. The average Bonchev–Trinajstić information content (AvgIpc) is 3.29. The molecular weight excluding hydrogens is 406 g/mol. The molecule has 0 saturated carbocycles. The molecule has 1 spiro atoms. The summed E-state index contributed by atoms with van der Waals surface area (Å²) in [5.41, 5.74) is 1.64. The molecule has 2 aliphatic rings. The van der Waals surface area contributed by atoms with Crippen molar-refractivity contribution >= 4 is 11.9 Å². The summed E-state index contributed by atoms with van der Waals surface area (Å²) in [5.74, 6) is 0.883. The van der Waals surface area contributed by atoms with Gasteiger partial charge in [-0.3, -0.25) is 4.79 Å². The first-order valence-electron chi connectivity index (χ1n) is 11.5. The predicted octanol–water partition coefficient (Wildman–Crippen LogP) is 2.66. The first-order valence-corrected chi connectivity index (χ1v) is 11.5. The minimum absolute atomic E-state index is 0.0205. The second-order valence-corrected chi connectivity index (χ2v) is 8.59. The molecule has 8 heteroatoms. The SMILES string of the molecule is CCN(CC)C(=O)C1Cn2ccnc2C2(CCN(C(=O)NCc3ccccc3C)CC2)O1. The molecule has 3 heterocycles. The minimum atomic E-state index is -0.637. The van der Waals surface area contributed by atoms with Crippen LogP contribution >= 0.6 is 0 Å². The molecule has 0 radical (unpaired) electrons.